The quantitative estimate of drug-likeness (QED) is 0.463. The zero-order chi connectivity index (χ0) is 12.2. The summed E-state index contributed by atoms with van der Waals surface area (Å²) in [6.45, 7) is 4.92. The van der Waals surface area contributed by atoms with Gasteiger partial charge in [-0.15, -0.1) is 0 Å². The fraction of sp³-hybridized carbons (Fsp3) is 0.923. The van der Waals surface area contributed by atoms with E-state index in [1.807, 2.05) is 0 Å². The number of hydrogen-bond acceptors (Lipinski definition) is 3. The van der Waals surface area contributed by atoms with E-state index >= 15 is 0 Å². The van der Waals surface area contributed by atoms with Crippen molar-refractivity contribution < 1.29 is 14.6 Å². The molecule has 3 heteroatoms. The summed E-state index contributed by atoms with van der Waals surface area (Å²) in [4.78, 5) is 11.3. The zero-order valence-electron chi connectivity index (χ0n) is 10.7. The third-order valence-corrected chi connectivity index (χ3v) is 2.73. The maximum atomic E-state index is 11.3. The van der Waals surface area contributed by atoms with E-state index in [0.29, 0.717) is 18.9 Å². The van der Waals surface area contributed by atoms with Crippen LogP contribution in [0.4, 0.5) is 0 Å². The summed E-state index contributed by atoms with van der Waals surface area (Å²) in [5.74, 6) is 0.352. The van der Waals surface area contributed by atoms with Crippen LogP contribution < -0.4 is 0 Å². The minimum Gasteiger partial charge on any atom is -0.466 e. The Bertz CT molecular complexity index is 169. The van der Waals surface area contributed by atoms with Gasteiger partial charge in [0.05, 0.1) is 6.61 Å². The number of aliphatic hydroxyl groups is 1. The van der Waals surface area contributed by atoms with Gasteiger partial charge in [-0.25, -0.2) is 0 Å². The Morgan fingerprint density at radius 1 is 1.25 bits per heavy atom. The van der Waals surface area contributed by atoms with Crippen molar-refractivity contribution in [3.63, 3.8) is 0 Å². The fourth-order valence-electron chi connectivity index (χ4n) is 1.51. The lowest BCUT2D eigenvalue weighted by Gasteiger charge is -2.09. The van der Waals surface area contributed by atoms with Gasteiger partial charge < -0.3 is 9.84 Å². The molecule has 0 aliphatic heterocycles. The van der Waals surface area contributed by atoms with Gasteiger partial charge >= 0.3 is 5.97 Å². The Kier molecular flexibility index (Phi) is 10.5. The first-order chi connectivity index (χ1) is 7.70. The molecular formula is C13H26O3. The summed E-state index contributed by atoms with van der Waals surface area (Å²) >= 11 is 0. The number of aliphatic hydroxyl groups excluding tert-OH is 1. The van der Waals surface area contributed by atoms with Crippen molar-refractivity contribution in [2.24, 2.45) is 5.92 Å². The number of carbonyl (C=O) groups excluding carboxylic acids is 1. The molecule has 0 bridgehead atoms. The predicted octanol–water partition coefficient (Wildman–Crippen LogP) is 2.91. The smallest absolute Gasteiger partial charge is 0.305 e. The standard InChI is InChI=1S/C13H26O3/c1-3-4-5-6-7-13(15)16-11-9-12(2)8-10-14/h12,14H,3-11H2,1-2H3. The van der Waals surface area contributed by atoms with Crippen LogP contribution in [0.25, 0.3) is 0 Å². The Morgan fingerprint density at radius 3 is 2.62 bits per heavy atom. The molecule has 0 aliphatic rings. The molecule has 0 radical (unpaired) electrons. The Morgan fingerprint density at radius 2 is 2.00 bits per heavy atom. The van der Waals surface area contributed by atoms with E-state index in [4.69, 9.17) is 9.84 Å². The zero-order valence-corrected chi connectivity index (χ0v) is 10.7. The van der Waals surface area contributed by atoms with Crippen LogP contribution in [0, 0.1) is 5.92 Å². The molecule has 0 rings (SSSR count). The van der Waals surface area contributed by atoms with Gasteiger partial charge in [-0.05, 0) is 25.2 Å². The van der Waals surface area contributed by atoms with Crippen molar-refractivity contribution in [1.82, 2.24) is 0 Å². The second-order valence-electron chi connectivity index (χ2n) is 4.44. The Hall–Kier alpha value is -0.570. The molecule has 0 spiro atoms. The van der Waals surface area contributed by atoms with Gasteiger partial charge in [0.1, 0.15) is 0 Å². The molecule has 0 amide bonds. The first kappa shape index (κ1) is 15.4. The molecule has 1 N–H and O–H groups in total. The highest BCUT2D eigenvalue weighted by Gasteiger charge is 2.05. The van der Waals surface area contributed by atoms with Crippen molar-refractivity contribution >= 4 is 5.97 Å². The highest BCUT2D eigenvalue weighted by Crippen LogP contribution is 2.08. The SMILES string of the molecule is CCCCCCC(=O)OCCC(C)CCO. The molecule has 1 unspecified atom stereocenters. The molecular weight excluding hydrogens is 204 g/mol. The van der Waals surface area contributed by atoms with Crippen LogP contribution in [0.1, 0.15) is 58.8 Å². The molecule has 16 heavy (non-hydrogen) atoms. The van der Waals surface area contributed by atoms with Crippen LogP contribution in [0.2, 0.25) is 0 Å². The Balaban J connectivity index is 3.29. The van der Waals surface area contributed by atoms with Crippen LogP contribution in [-0.4, -0.2) is 24.3 Å². The van der Waals surface area contributed by atoms with Gasteiger partial charge in [-0.3, -0.25) is 4.79 Å². The van der Waals surface area contributed by atoms with Gasteiger partial charge in [0.2, 0.25) is 0 Å². The molecule has 0 aromatic rings. The second kappa shape index (κ2) is 10.9. The molecule has 96 valence electrons. The molecule has 0 aromatic carbocycles. The number of rotatable bonds is 10. The highest BCUT2D eigenvalue weighted by molar-refractivity contribution is 5.69. The number of carbonyl (C=O) groups is 1. The van der Waals surface area contributed by atoms with E-state index in [0.717, 1.165) is 25.7 Å². The minimum absolute atomic E-state index is 0.0766. The number of ether oxygens (including phenoxy) is 1. The normalized spacial score (nSPS) is 12.4. The summed E-state index contributed by atoms with van der Waals surface area (Å²) in [5.41, 5.74) is 0. The van der Waals surface area contributed by atoms with Gasteiger partial charge in [0, 0.05) is 13.0 Å². The van der Waals surface area contributed by atoms with Crippen LogP contribution >= 0.6 is 0 Å². The third kappa shape index (κ3) is 9.97. The molecule has 0 aliphatic carbocycles. The lowest BCUT2D eigenvalue weighted by atomic mass is 10.1. The van der Waals surface area contributed by atoms with Crippen molar-refractivity contribution in [2.75, 3.05) is 13.2 Å². The third-order valence-electron chi connectivity index (χ3n) is 2.73. The number of esters is 1. The van der Waals surface area contributed by atoms with Crippen molar-refractivity contribution in [3.05, 3.63) is 0 Å². The molecule has 0 saturated heterocycles. The van der Waals surface area contributed by atoms with Crippen molar-refractivity contribution in [1.29, 1.82) is 0 Å². The molecule has 0 fully saturated rings. The summed E-state index contributed by atoms with van der Waals surface area (Å²) in [7, 11) is 0. The van der Waals surface area contributed by atoms with Gasteiger partial charge in [-0.2, -0.15) is 0 Å². The minimum atomic E-state index is -0.0766. The van der Waals surface area contributed by atoms with Gasteiger partial charge in [0.15, 0.2) is 0 Å². The summed E-state index contributed by atoms with van der Waals surface area (Å²) < 4.78 is 5.12. The summed E-state index contributed by atoms with van der Waals surface area (Å²) in [5, 5.41) is 8.70. The average molecular weight is 230 g/mol. The molecule has 1 atom stereocenters. The van der Waals surface area contributed by atoms with E-state index in [2.05, 4.69) is 13.8 Å². The Labute approximate surface area is 99.2 Å². The summed E-state index contributed by atoms with van der Waals surface area (Å²) in [6, 6.07) is 0. The number of unbranched alkanes of at least 4 members (excludes halogenated alkanes) is 3. The van der Waals surface area contributed by atoms with E-state index in [9.17, 15) is 4.79 Å². The highest BCUT2D eigenvalue weighted by atomic mass is 16.5. The van der Waals surface area contributed by atoms with Gasteiger partial charge in [-0.1, -0.05) is 33.1 Å². The maximum absolute atomic E-state index is 11.3. The van der Waals surface area contributed by atoms with Crippen molar-refractivity contribution in [2.45, 2.75) is 58.8 Å². The first-order valence-corrected chi connectivity index (χ1v) is 6.47. The van der Waals surface area contributed by atoms with E-state index in [1.54, 1.807) is 0 Å². The largest absolute Gasteiger partial charge is 0.466 e. The van der Waals surface area contributed by atoms with Crippen LogP contribution in [0.5, 0.6) is 0 Å². The van der Waals surface area contributed by atoms with E-state index in [-0.39, 0.29) is 12.6 Å². The molecule has 0 saturated carbocycles. The van der Waals surface area contributed by atoms with Crippen LogP contribution in [0.3, 0.4) is 0 Å². The molecule has 3 nitrogen and oxygen atoms in total. The molecule has 0 aromatic heterocycles. The topological polar surface area (TPSA) is 46.5 Å². The van der Waals surface area contributed by atoms with E-state index < -0.39 is 0 Å². The monoisotopic (exact) mass is 230 g/mol. The van der Waals surface area contributed by atoms with Crippen molar-refractivity contribution in [3.8, 4) is 0 Å². The predicted molar refractivity (Wildman–Crippen MR) is 65.2 cm³/mol. The lowest BCUT2D eigenvalue weighted by Crippen LogP contribution is -2.09. The lowest BCUT2D eigenvalue weighted by molar-refractivity contribution is -0.144. The number of hydrogen-bond donors (Lipinski definition) is 1. The van der Waals surface area contributed by atoms with Crippen LogP contribution in [-0.2, 0) is 9.53 Å². The second-order valence-corrected chi connectivity index (χ2v) is 4.44. The first-order valence-electron chi connectivity index (χ1n) is 6.47. The van der Waals surface area contributed by atoms with E-state index in [1.165, 1.54) is 12.8 Å². The van der Waals surface area contributed by atoms with Gasteiger partial charge in [0.25, 0.3) is 0 Å². The maximum Gasteiger partial charge on any atom is 0.305 e. The summed E-state index contributed by atoms with van der Waals surface area (Å²) in [6.07, 6.45) is 6.63. The average Bonchev–Trinajstić information content (AvgIpc) is 2.25. The fourth-order valence-corrected chi connectivity index (χ4v) is 1.51. The molecule has 0 heterocycles. The van der Waals surface area contributed by atoms with Crippen LogP contribution in [0.15, 0.2) is 0 Å².